The van der Waals surface area contributed by atoms with Crippen molar-refractivity contribution in [2.24, 2.45) is 0 Å². The van der Waals surface area contributed by atoms with Gasteiger partial charge in [-0.05, 0) is 43.1 Å². The van der Waals surface area contributed by atoms with Gasteiger partial charge in [-0.1, -0.05) is 29.8 Å². The molecule has 0 aliphatic heterocycles. The number of pyridine rings is 1. The Morgan fingerprint density at radius 1 is 0.941 bits per heavy atom. The number of nitrogens with zero attached hydrogens (tertiary/aromatic N) is 1. The molecule has 0 spiro atoms. The fourth-order valence-electron chi connectivity index (χ4n) is 1.72. The number of hydrogen-bond donors (Lipinski definition) is 1. The zero-order chi connectivity index (χ0) is 11.9. The first-order valence-electron chi connectivity index (χ1n) is 6.00. The van der Waals surface area contributed by atoms with Crippen molar-refractivity contribution < 1.29 is 0 Å². The van der Waals surface area contributed by atoms with Crippen LogP contribution >= 0.6 is 0 Å². The second-order valence-electron chi connectivity index (χ2n) is 4.27. The zero-order valence-corrected chi connectivity index (χ0v) is 10.2. The third kappa shape index (κ3) is 4.00. The maximum Gasteiger partial charge on any atom is 0.0270 e. The van der Waals surface area contributed by atoms with E-state index in [1.165, 1.54) is 16.7 Å². The third-order valence-electron chi connectivity index (χ3n) is 2.79. The fraction of sp³-hybridized carbons (Fsp3) is 0.267. The summed E-state index contributed by atoms with van der Waals surface area (Å²) in [4.78, 5) is 4.01. The number of benzene rings is 1. The van der Waals surface area contributed by atoms with Crippen molar-refractivity contribution in [3.8, 4) is 0 Å². The Hall–Kier alpha value is -1.67. The maximum atomic E-state index is 4.01. The zero-order valence-electron chi connectivity index (χ0n) is 10.2. The monoisotopic (exact) mass is 226 g/mol. The average Bonchev–Trinajstić information content (AvgIpc) is 2.38. The van der Waals surface area contributed by atoms with Crippen LogP contribution < -0.4 is 5.32 Å². The van der Waals surface area contributed by atoms with Gasteiger partial charge in [0.2, 0.25) is 0 Å². The number of aryl methyl sites for hydroxylation is 1. The van der Waals surface area contributed by atoms with E-state index in [4.69, 9.17) is 0 Å². The fourth-order valence-corrected chi connectivity index (χ4v) is 1.72. The average molecular weight is 226 g/mol. The standard InChI is InChI=1S/C15H18N2/c1-13-2-4-15(5-3-13)12-17-11-8-14-6-9-16-10-7-14/h2-7,9-10,17H,8,11-12H2,1H3. The Bertz CT molecular complexity index is 434. The molecule has 2 aromatic rings. The minimum atomic E-state index is 0.936. The molecular formula is C15H18N2. The van der Waals surface area contributed by atoms with Crippen molar-refractivity contribution in [2.75, 3.05) is 6.54 Å². The quantitative estimate of drug-likeness (QED) is 0.793. The minimum absolute atomic E-state index is 0.936. The molecule has 2 rings (SSSR count). The molecule has 0 saturated heterocycles. The Labute approximate surface area is 103 Å². The minimum Gasteiger partial charge on any atom is -0.312 e. The molecule has 2 nitrogen and oxygen atoms in total. The van der Waals surface area contributed by atoms with E-state index in [9.17, 15) is 0 Å². The van der Waals surface area contributed by atoms with Crippen molar-refractivity contribution in [3.05, 3.63) is 65.5 Å². The number of nitrogens with one attached hydrogen (secondary N) is 1. The molecule has 1 aromatic heterocycles. The van der Waals surface area contributed by atoms with Gasteiger partial charge in [-0.2, -0.15) is 0 Å². The van der Waals surface area contributed by atoms with E-state index in [1.807, 2.05) is 12.4 Å². The lowest BCUT2D eigenvalue weighted by atomic mass is 10.1. The summed E-state index contributed by atoms with van der Waals surface area (Å²) in [5.41, 5.74) is 3.98. The van der Waals surface area contributed by atoms with E-state index in [0.717, 1.165) is 19.5 Å². The lowest BCUT2D eigenvalue weighted by Crippen LogP contribution is -2.16. The molecule has 0 amide bonds. The van der Waals surface area contributed by atoms with Crippen LogP contribution in [0.5, 0.6) is 0 Å². The van der Waals surface area contributed by atoms with Gasteiger partial charge in [0.1, 0.15) is 0 Å². The molecule has 0 fully saturated rings. The maximum absolute atomic E-state index is 4.01. The third-order valence-corrected chi connectivity index (χ3v) is 2.79. The highest BCUT2D eigenvalue weighted by molar-refractivity contribution is 5.21. The van der Waals surface area contributed by atoms with Gasteiger partial charge in [0.15, 0.2) is 0 Å². The Morgan fingerprint density at radius 2 is 1.65 bits per heavy atom. The lowest BCUT2D eigenvalue weighted by Gasteiger charge is -2.05. The van der Waals surface area contributed by atoms with Crippen LogP contribution in [-0.4, -0.2) is 11.5 Å². The first-order chi connectivity index (χ1) is 8.34. The lowest BCUT2D eigenvalue weighted by molar-refractivity contribution is 0.686. The van der Waals surface area contributed by atoms with Crippen LogP contribution in [0.25, 0.3) is 0 Å². The van der Waals surface area contributed by atoms with Gasteiger partial charge in [-0.25, -0.2) is 0 Å². The summed E-state index contributed by atoms with van der Waals surface area (Å²) in [7, 11) is 0. The van der Waals surface area contributed by atoms with Crippen LogP contribution in [0.1, 0.15) is 16.7 Å². The van der Waals surface area contributed by atoms with Crippen LogP contribution in [0.15, 0.2) is 48.8 Å². The second-order valence-corrected chi connectivity index (χ2v) is 4.27. The Balaban J connectivity index is 1.71. The number of rotatable bonds is 5. The van der Waals surface area contributed by atoms with Crippen molar-refractivity contribution >= 4 is 0 Å². The predicted molar refractivity (Wildman–Crippen MR) is 70.8 cm³/mol. The summed E-state index contributed by atoms with van der Waals surface area (Å²) < 4.78 is 0. The highest BCUT2D eigenvalue weighted by Crippen LogP contribution is 2.02. The molecule has 0 unspecified atom stereocenters. The smallest absolute Gasteiger partial charge is 0.0270 e. The van der Waals surface area contributed by atoms with Crippen molar-refractivity contribution in [1.29, 1.82) is 0 Å². The normalized spacial score (nSPS) is 10.4. The summed E-state index contributed by atoms with van der Waals surface area (Å²) in [6.45, 7) is 4.05. The van der Waals surface area contributed by atoms with Gasteiger partial charge in [0.25, 0.3) is 0 Å². The summed E-state index contributed by atoms with van der Waals surface area (Å²) in [6, 6.07) is 12.8. The van der Waals surface area contributed by atoms with Gasteiger partial charge in [-0.15, -0.1) is 0 Å². The first-order valence-corrected chi connectivity index (χ1v) is 6.00. The highest BCUT2D eigenvalue weighted by atomic mass is 14.8. The summed E-state index contributed by atoms with van der Waals surface area (Å²) in [5, 5.41) is 3.45. The van der Waals surface area contributed by atoms with Gasteiger partial charge < -0.3 is 5.32 Å². The first kappa shape index (κ1) is 11.8. The van der Waals surface area contributed by atoms with E-state index in [1.54, 1.807) is 0 Å². The molecule has 0 aliphatic carbocycles. The van der Waals surface area contributed by atoms with Gasteiger partial charge in [0, 0.05) is 18.9 Å². The van der Waals surface area contributed by atoms with Gasteiger partial charge in [0.05, 0.1) is 0 Å². The van der Waals surface area contributed by atoms with Crippen molar-refractivity contribution in [2.45, 2.75) is 19.9 Å². The SMILES string of the molecule is Cc1ccc(CNCCc2ccncc2)cc1. The van der Waals surface area contributed by atoms with Crippen molar-refractivity contribution in [3.63, 3.8) is 0 Å². The Kier molecular flexibility index (Phi) is 4.28. The molecular weight excluding hydrogens is 208 g/mol. The molecule has 1 N–H and O–H groups in total. The topological polar surface area (TPSA) is 24.9 Å². The van der Waals surface area contributed by atoms with Gasteiger partial charge in [-0.3, -0.25) is 4.98 Å². The van der Waals surface area contributed by atoms with E-state index in [2.05, 4.69) is 53.6 Å². The van der Waals surface area contributed by atoms with E-state index < -0.39 is 0 Å². The Morgan fingerprint density at radius 3 is 2.35 bits per heavy atom. The van der Waals surface area contributed by atoms with Crippen LogP contribution in [0, 0.1) is 6.92 Å². The molecule has 0 bridgehead atoms. The molecule has 0 saturated carbocycles. The molecule has 17 heavy (non-hydrogen) atoms. The molecule has 2 heteroatoms. The second kappa shape index (κ2) is 6.16. The molecule has 88 valence electrons. The van der Waals surface area contributed by atoms with Crippen molar-refractivity contribution in [1.82, 2.24) is 10.3 Å². The highest BCUT2D eigenvalue weighted by Gasteiger charge is 1.94. The van der Waals surface area contributed by atoms with E-state index in [-0.39, 0.29) is 0 Å². The molecule has 0 aliphatic rings. The summed E-state index contributed by atoms with van der Waals surface area (Å²) >= 11 is 0. The molecule has 1 aromatic carbocycles. The molecule has 0 radical (unpaired) electrons. The largest absolute Gasteiger partial charge is 0.312 e. The summed E-state index contributed by atoms with van der Waals surface area (Å²) in [5.74, 6) is 0. The molecule has 0 atom stereocenters. The van der Waals surface area contributed by atoms with E-state index >= 15 is 0 Å². The molecule has 1 heterocycles. The number of aromatic nitrogens is 1. The van der Waals surface area contributed by atoms with Crippen LogP contribution in [0.4, 0.5) is 0 Å². The van der Waals surface area contributed by atoms with Crippen LogP contribution in [-0.2, 0) is 13.0 Å². The number of hydrogen-bond acceptors (Lipinski definition) is 2. The predicted octanol–water partition coefficient (Wildman–Crippen LogP) is 2.72. The van der Waals surface area contributed by atoms with Crippen LogP contribution in [0.3, 0.4) is 0 Å². The van der Waals surface area contributed by atoms with Crippen LogP contribution in [0.2, 0.25) is 0 Å². The van der Waals surface area contributed by atoms with E-state index in [0.29, 0.717) is 0 Å². The summed E-state index contributed by atoms with van der Waals surface area (Å²) in [6.07, 6.45) is 4.74. The van der Waals surface area contributed by atoms with Gasteiger partial charge >= 0.3 is 0 Å².